The largest absolute Gasteiger partial charge is 0.495 e. The average molecular weight is 803 g/mol. The molecule has 0 amide bonds. The van der Waals surface area contributed by atoms with Crippen molar-refractivity contribution in [2.75, 3.05) is 7.11 Å². The lowest BCUT2D eigenvalue weighted by Gasteiger charge is -2.13. The van der Waals surface area contributed by atoms with Crippen LogP contribution >= 0.6 is 0 Å². The van der Waals surface area contributed by atoms with Crippen LogP contribution in [0.15, 0.2) is 214 Å². The third kappa shape index (κ3) is 6.64. The van der Waals surface area contributed by atoms with Crippen molar-refractivity contribution in [1.82, 2.24) is 38.2 Å². The molecule has 0 saturated carbocycles. The quantitative estimate of drug-likeness (QED) is 0.160. The van der Waals surface area contributed by atoms with E-state index in [0.29, 0.717) is 0 Å². The predicted octanol–water partition coefficient (Wildman–Crippen LogP) is 12.1. The molecule has 0 unspecified atom stereocenters. The number of ether oxygens (including phenoxy) is 1. The molecule has 0 aliphatic heterocycles. The van der Waals surface area contributed by atoms with E-state index in [-0.39, 0.29) is 0 Å². The van der Waals surface area contributed by atoms with E-state index in [1.165, 1.54) is 32.7 Å². The zero-order chi connectivity index (χ0) is 41.4. The molecule has 4 aromatic heterocycles. The van der Waals surface area contributed by atoms with Crippen LogP contribution < -0.4 is 4.74 Å². The Hall–Kier alpha value is -8.56. The van der Waals surface area contributed by atoms with Gasteiger partial charge in [-0.25, -0.2) is 19.9 Å². The second-order valence-corrected chi connectivity index (χ2v) is 15.0. The number of rotatable bonds is 7. The van der Waals surface area contributed by atoms with Crippen LogP contribution in [0.1, 0.15) is 0 Å². The van der Waals surface area contributed by atoms with Gasteiger partial charge in [0.1, 0.15) is 18.4 Å². The van der Waals surface area contributed by atoms with Crippen molar-refractivity contribution in [3.8, 4) is 50.8 Å². The van der Waals surface area contributed by atoms with Gasteiger partial charge in [0.2, 0.25) is 0 Å². The number of para-hydroxylation sites is 4. The van der Waals surface area contributed by atoms with Crippen LogP contribution in [0.2, 0.25) is 0 Å². The van der Waals surface area contributed by atoms with Crippen LogP contribution in [0.4, 0.5) is 0 Å². The van der Waals surface area contributed by atoms with Gasteiger partial charge in [0, 0.05) is 41.2 Å². The lowest BCUT2D eigenvalue weighted by atomic mass is 9.99. The van der Waals surface area contributed by atoms with Gasteiger partial charge in [-0.15, -0.1) is 0 Å². The molecule has 0 aliphatic carbocycles. The Bertz CT molecular complexity index is 3510. The first-order valence-corrected chi connectivity index (χ1v) is 20.3. The number of nitrogens with zero attached hydrogens (tertiary/aromatic N) is 8. The molecule has 12 rings (SSSR count). The summed E-state index contributed by atoms with van der Waals surface area (Å²) < 4.78 is 13.9. The highest BCUT2D eigenvalue weighted by molar-refractivity contribution is 5.96. The molecule has 0 radical (unpaired) electrons. The van der Waals surface area contributed by atoms with E-state index in [4.69, 9.17) is 4.74 Å². The lowest BCUT2D eigenvalue weighted by molar-refractivity contribution is 0.413. The smallest absolute Gasteiger partial charge is 0.143 e. The fourth-order valence-corrected chi connectivity index (χ4v) is 8.32. The molecule has 0 atom stereocenters. The van der Waals surface area contributed by atoms with Crippen molar-refractivity contribution in [1.29, 1.82) is 0 Å². The van der Waals surface area contributed by atoms with Gasteiger partial charge < -0.3 is 13.9 Å². The first-order valence-electron chi connectivity index (χ1n) is 20.3. The van der Waals surface area contributed by atoms with E-state index in [0.717, 1.165) is 61.7 Å². The first-order chi connectivity index (χ1) is 30.7. The van der Waals surface area contributed by atoms with Crippen molar-refractivity contribution in [3.05, 3.63) is 214 Å². The molecular weight excluding hydrogens is 765 g/mol. The minimum absolute atomic E-state index is 0.805. The van der Waals surface area contributed by atoms with Crippen molar-refractivity contribution in [2.24, 2.45) is 0 Å². The summed E-state index contributed by atoms with van der Waals surface area (Å²) in [6, 6.07) is 57.3. The highest BCUT2D eigenvalue weighted by atomic mass is 16.5. The Morgan fingerprint density at radius 3 is 1.50 bits per heavy atom. The highest BCUT2D eigenvalue weighted by Gasteiger charge is 2.12. The number of aromatic nitrogens is 8. The Morgan fingerprint density at radius 1 is 0.419 bits per heavy atom. The van der Waals surface area contributed by atoms with Gasteiger partial charge >= 0.3 is 0 Å². The van der Waals surface area contributed by atoms with E-state index in [1.54, 1.807) is 25.8 Å². The van der Waals surface area contributed by atoms with Crippen LogP contribution in [0, 0.1) is 0 Å². The summed E-state index contributed by atoms with van der Waals surface area (Å²) >= 11 is 0. The maximum absolute atomic E-state index is 5.67. The average Bonchev–Trinajstić information content (AvgIpc) is 4.19. The van der Waals surface area contributed by atoms with Gasteiger partial charge in [-0.05, 0) is 106 Å². The van der Waals surface area contributed by atoms with Gasteiger partial charge in [0.25, 0.3) is 0 Å². The minimum atomic E-state index is 0.805. The normalized spacial score (nSPS) is 11.3. The number of benzene rings is 8. The van der Waals surface area contributed by atoms with Crippen molar-refractivity contribution in [3.63, 3.8) is 0 Å². The van der Waals surface area contributed by atoms with Crippen LogP contribution in [-0.4, -0.2) is 45.3 Å². The molecule has 12 aromatic rings. The number of methoxy groups -OCH3 is 1. The summed E-state index contributed by atoms with van der Waals surface area (Å²) in [7, 11) is 1.70. The number of imidazole rings is 4. The summed E-state index contributed by atoms with van der Waals surface area (Å²) in [4.78, 5) is 17.4. The summed E-state index contributed by atoms with van der Waals surface area (Å²) in [5.74, 6) is 0.805. The molecule has 9 nitrogen and oxygen atoms in total. The van der Waals surface area contributed by atoms with Gasteiger partial charge in [-0.2, -0.15) is 0 Å². The molecule has 0 aliphatic rings. The SMILES string of the molecule is COc1cc(-c2ccc3c(-n4cnc5ccccc54)cccc3c2)ccc1-n1ccnc1.c1cc(-n2cnc3ccccc32)c2ccc(-c3ccc(-n4ccnc4)cc3)cc2c1. The van der Waals surface area contributed by atoms with Crippen LogP contribution in [0.5, 0.6) is 5.75 Å². The standard InChI is InChI=1S/C27H20N4O.C26H18N4/c1-32-27-16-20(10-12-26(27)30-14-13-28-17-30)19-9-11-22-21(15-19)5-4-8-24(22)31-18-29-23-6-2-3-7-25(23)31;1-2-6-26-24(5-1)28-18-30(26)25-7-3-4-21-16-20(10-13-23(21)25)19-8-11-22(12-9-19)29-15-14-27-17-29/h2-18H,1H3;1-18H. The van der Waals surface area contributed by atoms with Crippen LogP contribution in [0.25, 0.3) is 88.6 Å². The predicted molar refractivity (Wildman–Crippen MR) is 249 cm³/mol. The Morgan fingerprint density at radius 2 is 0.935 bits per heavy atom. The minimum Gasteiger partial charge on any atom is -0.495 e. The van der Waals surface area contributed by atoms with E-state index in [9.17, 15) is 0 Å². The van der Waals surface area contributed by atoms with E-state index >= 15 is 0 Å². The van der Waals surface area contributed by atoms with Gasteiger partial charge in [0.05, 0.1) is 58.9 Å². The number of hydrogen-bond acceptors (Lipinski definition) is 5. The monoisotopic (exact) mass is 802 g/mol. The first kappa shape index (κ1) is 36.5. The molecule has 0 N–H and O–H groups in total. The maximum atomic E-state index is 5.67. The molecule has 9 heteroatoms. The van der Waals surface area contributed by atoms with E-state index < -0.39 is 0 Å². The Labute approximate surface area is 357 Å². The zero-order valence-electron chi connectivity index (χ0n) is 33.7. The lowest BCUT2D eigenvalue weighted by Crippen LogP contribution is -1.96. The van der Waals surface area contributed by atoms with E-state index in [1.807, 2.05) is 70.8 Å². The number of hydrogen-bond donors (Lipinski definition) is 0. The molecule has 0 spiro atoms. The molecular formula is C53H38N8O. The summed E-state index contributed by atoms with van der Waals surface area (Å²) in [6.45, 7) is 0. The second kappa shape index (κ2) is 15.6. The highest BCUT2D eigenvalue weighted by Crippen LogP contribution is 2.34. The summed E-state index contributed by atoms with van der Waals surface area (Å²) in [5, 5.41) is 4.78. The molecule has 296 valence electrons. The molecule has 4 heterocycles. The fraction of sp³-hybridized carbons (Fsp3) is 0.0189. The maximum Gasteiger partial charge on any atom is 0.143 e. The van der Waals surface area contributed by atoms with E-state index in [2.05, 4.69) is 163 Å². The second-order valence-electron chi connectivity index (χ2n) is 15.0. The molecule has 62 heavy (non-hydrogen) atoms. The molecule has 0 fully saturated rings. The summed E-state index contributed by atoms with van der Waals surface area (Å²) in [6.07, 6.45) is 14.8. The summed E-state index contributed by atoms with van der Waals surface area (Å²) in [5.41, 5.74) is 13.2. The fourth-order valence-electron chi connectivity index (χ4n) is 8.32. The Kier molecular flexibility index (Phi) is 9.16. The molecule has 8 aromatic carbocycles. The van der Waals surface area contributed by atoms with Gasteiger partial charge in [0.15, 0.2) is 0 Å². The van der Waals surface area contributed by atoms with Crippen LogP contribution in [0.3, 0.4) is 0 Å². The third-order valence-corrected chi connectivity index (χ3v) is 11.4. The van der Waals surface area contributed by atoms with Crippen LogP contribution in [-0.2, 0) is 0 Å². The zero-order valence-corrected chi connectivity index (χ0v) is 33.7. The molecule has 0 saturated heterocycles. The third-order valence-electron chi connectivity index (χ3n) is 11.4. The number of fused-ring (bicyclic) bond motifs is 4. The molecule has 0 bridgehead atoms. The van der Waals surface area contributed by atoms with Crippen molar-refractivity contribution < 1.29 is 4.74 Å². The Balaban J connectivity index is 0.000000140. The topological polar surface area (TPSA) is 80.5 Å². The van der Waals surface area contributed by atoms with Gasteiger partial charge in [-0.1, -0.05) is 91.0 Å². The van der Waals surface area contributed by atoms with Crippen molar-refractivity contribution in [2.45, 2.75) is 0 Å². The van der Waals surface area contributed by atoms with Crippen molar-refractivity contribution >= 4 is 43.6 Å². The van der Waals surface area contributed by atoms with Gasteiger partial charge in [-0.3, -0.25) is 9.13 Å².